The average Bonchev–Trinajstić information content (AvgIpc) is 3.15. The van der Waals surface area contributed by atoms with E-state index in [1.807, 2.05) is 42.5 Å². The molecular weight excluding hydrogens is 312 g/mol. The number of hydrogen-bond donors (Lipinski definition) is 1. The summed E-state index contributed by atoms with van der Waals surface area (Å²) in [6.07, 6.45) is 2.86. The Morgan fingerprint density at radius 3 is 2.60 bits per heavy atom. The van der Waals surface area contributed by atoms with Gasteiger partial charge in [0, 0.05) is 6.54 Å². The third-order valence-corrected chi connectivity index (χ3v) is 4.68. The van der Waals surface area contributed by atoms with Crippen LogP contribution in [0.15, 0.2) is 54.6 Å². The Bertz CT molecular complexity index is 681. The number of nitrogens with zero attached hydrogens (tertiary/aromatic N) is 1. The normalized spacial score (nSPS) is 15.7. The molecule has 1 heterocycles. The Kier molecular flexibility index (Phi) is 6.07. The van der Waals surface area contributed by atoms with Gasteiger partial charge >= 0.3 is 0 Å². The highest BCUT2D eigenvalue weighted by Gasteiger charge is 2.20. The molecule has 3 rings (SSSR count). The van der Waals surface area contributed by atoms with Crippen molar-refractivity contribution < 1.29 is 9.53 Å². The molecule has 132 valence electrons. The van der Waals surface area contributed by atoms with E-state index < -0.39 is 0 Å². The van der Waals surface area contributed by atoms with Gasteiger partial charge in [0.05, 0.1) is 19.6 Å². The molecule has 4 nitrogen and oxygen atoms in total. The van der Waals surface area contributed by atoms with Crippen LogP contribution < -0.4 is 10.1 Å². The van der Waals surface area contributed by atoms with Crippen molar-refractivity contribution in [2.24, 2.45) is 0 Å². The van der Waals surface area contributed by atoms with Crippen LogP contribution in [0.3, 0.4) is 0 Å². The number of nitrogens with one attached hydrogen (secondary N) is 1. The number of benzene rings is 2. The van der Waals surface area contributed by atoms with Crippen LogP contribution in [0.4, 0.5) is 0 Å². The topological polar surface area (TPSA) is 41.6 Å². The van der Waals surface area contributed by atoms with Gasteiger partial charge in [-0.15, -0.1) is 0 Å². The Morgan fingerprint density at radius 2 is 1.88 bits per heavy atom. The molecule has 0 aromatic heterocycles. The van der Waals surface area contributed by atoms with Crippen molar-refractivity contribution in [1.29, 1.82) is 0 Å². The molecule has 1 amide bonds. The molecule has 1 aliphatic heterocycles. The first kappa shape index (κ1) is 17.5. The quantitative estimate of drug-likeness (QED) is 0.843. The number of carbonyl (C=O) groups is 1. The molecule has 0 saturated carbocycles. The molecule has 0 spiro atoms. The molecule has 25 heavy (non-hydrogen) atoms. The molecule has 2 aromatic carbocycles. The molecule has 1 atom stereocenters. The van der Waals surface area contributed by atoms with Gasteiger partial charge in [-0.2, -0.15) is 0 Å². The maximum atomic E-state index is 12.6. The van der Waals surface area contributed by atoms with Crippen molar-refractivity contribution in [3.63, 3.8) is 0 Å². The number of likely N-dealkylation sites (tertiary alicyclic amines) is 1. The Balaban J connectivity index is 1.66. The fraction of sp³-hybridized carbons (Fsp3) is 0.381. The van der Waals surface area contributed by atoms with Crippen LogP contribution in [0.1, 0.15) is 30.0 Å². The SMILES string of the molecule is COc1cccc(CC(=O)N[C@H](CN2CCCC2)c2ccccc2)c1. The minimum absolute atomic E-state index is 0.0254. The van der Waals surface area contributed by atoms with Gasteiger partial charge in [-0.1, -0.05) is 42.5 Å². The minimum atomic E-state index is 0.0254. The largest absolute Gasteiger partial charge is 0.497 e. The third-order valence-electron chi connectivity index (χ3n) is 4.68. The Hall–Kier alpha value is -2.33. The van der Waals surface area contributed by atoms with Crippen LogP contribution >= 0.6 is 0 Å². The summed E-state index contributed by atoms with van der Waals surface area (Å²) >= 11 is 0. The van der Waals surface area contributed by atoms with E-state index >= 15 is 0 Å². The highest BCUT2D eigenvalue weighted by atomic mass is 16.5. The maximum Gasteiger partial charge on any atom is 0.224 e. The molecule has 0 radical (unpaired) electrons. The monoisotopic (exact) mass is 338 g/mol. The second kappa shape index (κ2) is 8.67. The fourth-order valence-corrected chi connectivity index (χ4v) is 3.36. The number of methoxy groups -OCH3 is 1. The Morgan fingerprint density at radius 1 is 1.12 bits per heavy atom. The van der Waals surface area contributed by atoms with Gasteiger partial charge in [-0.3, -0.25) is 4.79 Å². The molecule has 1 saturated heterocycles. The first-order chi connectivity index (χ1) is 12.2. The van der Waals surface area contributed by atoms with Crippen LogP contribution in [0.25, 0.3) is 0 Å². The van der Waals surface area contributed by atoms with Crippen molar-refractivity contribution in [3.05, 3.63) is 65.7 Å². The fourth-order valence-electron chi connectivity index (χ4n) is 3.36. The van der Waals surface area contributed by atoms with Crippen molar-refractivity contribution in [2.45, 2.75) is 25.3 Å². The molecular formula is C21H26N2O2. The summed E-state index contributed by atoms with van der Waals surface area (Å²) in [5.41, 5.74) is 2.12. The van der Waals surface area contributed by atoms with Crippen molar-refractivity contribution in [1.82, 2.24) is 10.2 Å². The predicted octanol–water partition coefficient (Wildman–Crippen LogP) is 3.19. The molecule has 1 fully saturated rings. The molecule has 0 bridgehead atoms. The molecule has 1 N–H and O–H groups in total. The van der Waals surface area contributed by atoms with E-state index in [-0.39, 0.29) is 11.9 Å². The average molecular weight is 338 g/mol. The number of rotatable bonds is 7. The summed E-state index contributed by atoms with van der Waals surface area (Å²) in [5, 5.41) is 3.22. The molecule has 4 heteroatoms. The number of ether oxygens (including phenoxy) is 1. The van der Waals surface area contributed by atoms with Gasteiger partial charge in [-0.05, 0) is 49.2 Å². The van der Waals surface area contributed by atoms with Gasteiger partial charge in [0.2, 0.25) is 5.91 Å². The van der Waals surface area contributed by atoms with Crippen LogP contribution in [-0.2, 0) is 11.2 Å². The maximum absolute atomic E-state index is 12.6. The minimum Gasteiger partial charge on any atom is -0.497 e. The third kappa shape index (κ3) is 5.07. The van der Waals surface area contributed by atoms with E-state index in [4.69, 9.17) is 4.74 Å². The highest BCUT2D eigenvalue weighted by molar-refractivity contribution is 5.79. The van der Waals surface area contributed by atoms with E-state index in [1.54, 1.807) is 7.11 Å². The summed E-state index contributed by atoms with van der Waals surface area (Å²) in [5.74, 6) is 0.822. The van der Waals surface area contributed by atoms with Crippen molar-refractivity contribution in [2.75, 3.05) is 26.7 Å². The smallest absolute Gasteiger partial charge is 0.224 e. The summed E-state index contributed by atoms with van der Waals surface area (Å²) < 4.78 is 5.24. The van der Waals surface area contributed by atoms with Gasteiger partial charge < -0.3 is 15.0 Å². The van der Waals surface area contributed by atoms with E-state index in [0.717, 1.165) is 36.5 Å². The molecule has 0 unspecified atom stereocenters. The summed E-state index contributed by atoms with van der Waals surface area (Å²) in [7, 11) is 1.64. The Labute approximate surface area is 149 Å². The van der Waals surface area contributed by atoms with E-state index in [9.17, 15) is 4.79 Å². The van der Waals surface area contributed by atoms with Crippen LogP contribution in [0, 0.1) is 0 Å². The van der Waals surface area contributed by atoms with Crippen molar-refractivity contribution in [3.8, 4) is 5.75 Å². The summed E-state index contributed by atoms with van der Waals surface area (Å²) in [6.45, 7) is 3.11. The van der Waals surface area contributed by atoms with E-state index in [1.165, 1.54) is 12.8 Å². The lowest BCUT2D eigenvalue weighted by molar-refractivity contribution is -0.121. The summed E-state index contributed by atoms with van der Waals surface area (Å²) in [6, 6.07) is 18.0. The van der Waals surface area contributed by atoms with Gasteiger partial charge in [0.15, 0.2) is 0 Å². The van der Waals surface area contributed by atoms with Crippen LogP contribution in [0.2, 0.25) is 0 Å². The standard InChI is InChI=1S/C21H26N2O2/c1-25-19-11-7-8-17(14-19)15-21(24)22-20(16-23-12-5-6-13-23)18-9-3-2-4-10-18/h2-4,7-11,14,20H,5-6,12-13,15-16H2,1H3,(H,22,24)/t20-/m1/s1. The highest BCUT2D eigenvalue weighted by Crippen LogP contribution is 2.18. The molecule has 0 aliphatic carbocycles. The zero-order chi connectivity index (χ0) is 17.5. The van der Waals surface area contributed by atoms with Crippen LogP contribution in [0.5, 0.6) is 5.75 Å². The first-order valence-corrected chi connectivity index (χ1v) is 8.94. The first-order valence-electron chi connectivity index (χ1n) is 8.94. The van der Waals surface area contributed by atoms with Gasteiger partial charge in [0.1, 0.15) is 5.75 Å². The lowest BCUT2D eigenvalue weighted by Gasteiger charge is -2.25. The second-order valence-corrected chi connectivity index (χ2v) is 6.57. The van der Waals surface area contributed by atoms with Gasteiger partial charge in [-0.25, -0.2) is 0 Å². The van der Waals surface area contributed by atoms with Gasteiger partial charge in [0.25, 0.3) is 0 Å². The zero-order valence-electron chi connectivity index (χ0n) is 14.8. The summed E-state index contributed by atoms with van der Waals surface area (Å²) in [4.78, 5) is 15.0. The molecule has 1 aliphatic rings. The number of amides is 1. The lowest BCUT2D eigenvalue weighted by Crippen LogP contribution is -2.37. The number of carbonyl (C=O) groups excluding carboxylic acids is 1. The van der Waals surface area contributed by atoms with E-state index in [0.29, 0.717) is 6.42 Å². The lowest BCUT2D eigenvalue weighted by atomic mass is 10.1. The van der Waals surface area contributed by atoms with Crippen molar-refractivity contribution >= 4 is 5.91 Å². The zero-order valence-corrected chi connectivity index (χ0v) is 14.8. The van der Waals surface area contributed by atoms with Crippen LogP contribution in [-0.4, -0.2) is 37.6 Å². The van der Waals surface area contributed by atoms with E-state index in [2.05, 4.69) is 22.3 Å². The second-order valence-electron chi connectivity index (χ2n) is 6.57. The molecule has 2 aromatic rings. The predicted molar refractivity (Wildman–Crippen MR) is 99.7 cm³/mol. The number of hydrogen-bond acceptors (Lipinski definition) is 3.